The summed E-state index contributed by atoms with van der Waals surface area (Å²) in [5.74, 6) is 0.393. The Kier molecular flexibility index (Phi) is 11.0. The van der Waals surface area contributed by atoms with Crippen molar-refractivity contribution in [2.75, 3.05) is 46.4 Å². The quantitative estimate of drug-likeness (QED) is 0.332. The van der Waals surface area contributed by atoms with E-state index in [1.165, 1.54) is 10.5 Å². The molecule has 2 aromatic carbocycles. The maximum Gasteiger partial charge on any atom is 0.409 e. The van der Waals surface area contributed by atoms with Crippen molar-refractivity contribution in [2.24, 2.45) is 0 Å². The van der Waals surface area contributed by atoms with Crippen molar-refractivity contribution in [3.63, 3.8) is 0 Å². The lowest BCUT2D eigenvalue weighted by Gasteiger charge is -2.38. The van der Waals surface area contributed by atoms with Gasteiger partial charge in [-0.3, -0.25) is 0 Å². The molecule has 186 valence electrons. The van der Waals surface area contributed by atoms with E-state index in [9.17, 15) is 4.79 Å². The van der Waals surface area contributed by atoms with E-state index in [-0.39, 0.29) is 12.1 Å². The molecule has 0 N–H and O–H groups in total. The molecule has 5 nitrogen and oxygen atoms in total. The van der Waals surface area contributed by atoms with Crippen LogP contribution in [0.15, 0.2) is 59.5 Å². The second-order valence-corrected chi connectivity index (χ2v) is 10.5. The van der Waals surface area contributed by atoms with Crippen LogP contribution >= 0.6 is 23.5 Å². The van der Waals surface area contributed by atoms with Gasteiger partial charge in [-0.15, -0.1) is 0 Å². The molecular weight excluding hydrogens is 466 g/mol. The molecule has 0 radical (unpaired) electrons. The number of benzene rings is 2. The minimum Gasteiger partial charge on any atom is -0.450 e. The molecule has 34 heavy (non-hydrogen) atoms. The Morgan fingerprint density at radius 2 is 1.88 bits per heavy atom. The number of ether oxygens (including phenoxy) is 1. The van der Waals surface area contributed by atoms with Crippen molar-refractivity contribution in [3.8, 4) is 0 Å². The topological polar surface area (TPSA) is 36.0 Å². The van der Waals surface area contributed by atoms with Crippen LogP contribution in [-0.2, 0) is 4.74 Å². The Morgan fingerprint density at radius 3 is 2.53 bits per heavy atom. The second-order valence-electron chi connectivity index (χ2n) is 8.81. The van der Waals surface area contributed by atoms with Gasteiger partial charge in [0.1, 0.15) is 0 Å². The van der Waals surface area contributed by atoms with E-state index in [2.05, 4.69) is 64.8 Å². The van der Waals surface area contributed by atoms with E-state index in [0.29, 0.717) is 19.1 Å². The predicted octanol–water partition coefficient (Wildman–Crippen LogP) is 6.40. The molecule has 1 unspecified atom stereocenters. The molecule has 0 aromatic heterocycles. The Labute approximate surface area is 214 Å². The molecule has 1 aliphatic heterocycles. The molecule has 7 heteroatoms. The van der Waals surface area contributed by atoms with Gasteiger partial charge in [-0.1, -0.05) is 41.9 Å². The number of likely N-dealkylation sites (tertiary alicyclic amines) is 1. The number of halogens is 1. The van der Waals surface area contributed by atoms with Crippen LogP contribution < -0.4 is 0 Å². The van der Waals surface area contributed by atoms with Gasteiger partial charge in [0.2, 0.25) is 0 Å². The zero-order chi connectivity index (χ0) is 24.3. The van der Waals surface area contributed by atoms with E-state index < -0.39 is 0 Å². The highest BCUT2D eigenvalue weighted by molar-refractivity contribution is 7.97. The second kappa shape index (κ2) is 14.0. The number of carbonyl (C=O) groups is 1. The van der Waals surface area contributed by atoms with E-state index in [1.54, 1.807) is 11.9 Å². The fourth-order valence-corrected chi connectivity index (χ4v) is 5.76. The Morgan fingerprint density at radius 1 is 1.15 bits per heavy atom. The summed E-state index contributed by atoms with van der Waals surface area (Å²) in [4.78, 5) is 17.9. The SMILES string of the molecule is CCOC(=O)N(CC)C1CCN(CCC(CN(C)Sc2ccccc2)c2cccc(Cl)c2)CC1. The Hall–Kier alpha value is -1.73. The summed E-state index contributed by atoms with van der Waals surface area (Å²) in [6, 6.07) is 19.1. The Balaban J connectivity index is 1.56. The minimum absolute atomic E-state index is 0.177. The molecule has 1 aliphatic rings. The van der Waals surface area contributed by atoms with Gasteiger partial charge in [-0.05, 0) is 94.4 Å². The first-order valence-corrected chi connectivity index (χ1v) is 13.5. The third-order valence-electron chi connectivity index (χ3n) is 6.44. The summed E-state index contributed by atoms with van der Waals surface area (Å²) in [5.41, 5.74) is 1.29. The van der Waals surface area contributed by atoms with Crippen LogP contribution in [0.25, 0.3) is 0 Å². The highest BCUT2D eigenvalue weighted by Crippen LogP contribution is 2.29. The van der Waals surface area contributed by atoms with E-state index in [4.69, 9.17) is 16.3 Å². The number of hydrogen-bond donors (Lipinski definition) is 0. The van der Waals surface area contributed by atoms with Gasteiger partial charge in [0, 0.05) is 42.1 Å². The van der Waals surface area contributed by atoms with Crippen LogP contribution in [0.5, 0.6) is 0 Å². The van der Waals surface area contributed by atoms with Crippen LogP contribution in [0.1, 0.15) is 44.6 Å². The summed E-state index contributed by atoms with van der Waals surface area (Å²) in [6.45, 7) is 9.03. The van der Waals surface area contributed by atoms with Crippen molar-refractivity contribution >= 4 is 29.6 Å². The monoisotopic (exact) mass is 503 g/mol. The molecule has 0 spiro atoms. The zero-order valence-electron chi connectivity index (χ0n) is 20.7. The lowest BCUT2D eigenvalue weighted by molar-refractivity contribution is 0.0699. The van der Waals surface area contributed by atoms with Crippen LogP contribution in [0.2, 0.25) is 5.02 Å². The summed E-state index contributed by atoms with van der Waals surface area (Å²) < 4.78 is 7.57. The number of amides is 1. The first kappa shape index (κ1) is 26.9. The zero-order valence-corrected chi connectivity index (χ0v) is 22.2. The summed E-state index contributed by atoms with van der Waals surface area (Å²) >= 11 is 8.12. The molecule has 0 bridgehead atoms. The number of piperidine rings is 1. The molecule has 1 saturated heterocycles. The van der Waals surface area contributed by atoms with Crippen LogP contribution in [0, 0.1) is 0 Å². The standard InChI is InChI=1S/C27H38ClN3O2S/c1-4-31(27(32)33-5-2)25-15-18-30(19-16-25)17-14-23(22-10-9-11-24(28)20-22)21-29(3)34-26-12-7-6-8-13-26/h6-13,20,23,25H,4-5,14-19,21H2,1-3H3. The molecule has 1 atom stereocenters. The normalized spacial score (nSPS) is 15.9. The minimum atomic E-state index is -0.177. The fraction of sp³-hybridized carbons (Fsp3) is 0.519. The molecule has 0 aliphatic carbocycles. The largest absolute Gasteiger partial charge is 0.450 e. The van der Waals surface area contributed by atoms with Crippen molar-refractivity contribution in [2.45, 2.75) is 50.0 Å². The van der Waals surface area contributed by atoms with Gasteiger partial charge < -0.3 is 14.5 Å². The highest BCUT2D eigenvalue weighted by atomic mass is 35.5. The van der Waals surface area contributed by atoms with E-state index >= 15 is 0 Å². The summed E-state index contributed by atoms with van der Waals surface area (Å²) in [6.07, 6.45) is 2.89. The smallest absolute Gasteiger partial charge is 0.409 e. The van der Waals surface area contributed by atoms with Gasteiger partial charge in [0.15, 0.2) is 0 Å². The van der Waals surface area contributed by atoms with Gasteiger partial charge in [0.25, 0.3) is 0 Å². The molecule has 1 amide bonds. The average Bonchev–Trinajstić information content (AvgIpc) is 2.84. The third kappa shape index (κ3) is 8.19. The molecule has 3 rings (SSSR count). The predicted molar refractivity (Wildman–Crippen MR) is 143 cm³/mol. The van der Waals surface area contributed by atoms with Crippen molar-refractivity contribution < 1.29 is 9.53 Å². The summed E-state index contributed by atoms with van der Waals surface area (Å²) in [7, 11) is 2.16. The number of likely N-dealkylation sites (N-methyl/N-ethyl adjacent to an activating group) is 1. The third-order valence-corrected chi connectivity index (χ3v) is 7.62. The first-order chi connectivity index (χ1) is 16.5. The van der Waals surface area contributed by atoms with Gasteiger partial charge in [-0.25, -0.2) is 9.10 Å². The number of hydrogen-bond acceptors (Lipinski definition) is 5. The maximum absolute atomic E-state index is 12.3. The van der Waals surface area contributed by atoms with Gasteiger partial charge in [-0.2, -0.15) is 0 Å². The van der Waals surface area contributed by atoms with Gasteiger partial charge in [0.05, 0.1) is 6.61 Å². The first-order valence-electron chi connectivity index (χ1n) is 12.4. The lowest BCUT2D eigenvalue weighted by Crippen LogP contribution is -2.47. The van der Waals surface area contributed by atoms with Crippen molar-refractivity contribution in [1.29, 1.82) is 0 Å². The number of rotatable bonds is 11. The van der Waals surface area contributed by atoms with Crippen molar-refractivity contribution in [3.05, 3.63) is 65.2 Å². The van der Waals surface area contributed by atoms with Gasteiger partial charge >= 0.3 is 6.09 Å². The number of nitrogens with zero attached hydrogens (tertiary/aromatic N) is 3. The molecule has 0 saturated carbocycles. The molecule has 1 fully saturated rings. The molecular formula is C27H38ClN3O2S. The summed E-state index contributed by atoms with van der Waals surface area (Å²) in [5, 5.41) is 0.792. The van der Waals surface area contributed by atoms with Crippen molar-refractivity contribution in [1.82, 2.24) is 14.1 Å². The lowest BCUT2D eigenvalue weighted by atomic mass is 9.94. The van der Waals surface area contributed by atoms with E-state index in [1.807, 2.05) is 24.8 Å². The number of carbonyl (C=O) groups excluding carboxylic acids is 1. The molecule has 1 heterocycles. The van der Waals surface area contributed by atoms with Crippen LogP contribution in [0.4, 0.5) is 4.79 Å². The highest BCUT2D eigenvalue weighted by Gasteiger charge is 2.28. The molecule has 2 aromatic rings. The average molecular weight is 504 g/mol. The van der Waals surface area contributed by atoms with Crippen LogP contribution in [-0.4, -0.2) is 72.6 Å². The Bertz CT molecular complexity index is 877. The maximum atomic E-state index is 12.3. The van der Waals surface area contributed by atoms with E-state index in [0.717, 1.165) is 50.5 Å². The van der Waals surface area contributed by atoms with Crippen LogP contribution in [0.3, 0.4) is 0 Å². The fourth-order valence-electron chi connectivity index (χ4n) is 4.67.